The van der Waals surface area contributed by atoms with Crippen LogP contribution in [0.3, 0.4) is 0 Å². The fourth-order valence-electron chi connectivity index (χ4n) is 4.36. The lowest BCUT2D eigenvalue weighted by molar-refractivity contribution is -0.141. The molecule has 1 N–H and O–H groups in total. The van der Waals surface area contributed by atoms with Crippen molar-refractivity contribution in [2.24, 2.45) is 0 Å². The van der Waals surface area contributed by atoms with Crippen LogP contribution in [-0.4, -0.2) is 50.0 Å². The second-order valence-electron chi connectivity index (χ2n) is 9.90. The van der Waals surface area contributed by atoms with Crippen molar-refractivity contribution < 1.29 is 18.0 Å². The van der Waals surface area contributed by atoms with Crippen LogP contribution in [-0.2, 0) is 32.6 Å². The fraction of sp³-hybridized carbons (Fsp3) is 0.333. The van der Waals surface area contributed by atoms with E-state index in [1.165, 1.54) is 4.31 Å². The van der Waals surface area contributed by atoms with Gasteiger partial charge >= 0.3 is 0 Å². The van der Waals surface area contributed by atoms with Gasteiger partial charge in [-0.1, -0.05) is 71.7 Å². The van der Waals surface area contributed by atoms with E-state index in [1.54, 1.807) is 41.3 Å². The van der Waals surface area contributed by atoms with E-state index >= 15 is 0 Å². The van der Waals surface area contributed by atoms with Crippen molar-refractivity contribution in [2.75, 3.05) is 17.1 Å². The molecule has 214 valence electrons. The molecule has 0 aliphatic carbocycles. The van der Waals surface area contributed by atoms with Gasteiger partial charge in [0.25, 0.3) is 0 Å². The summed E-state index contributed by atoms with van der Waals surface area (Å²) in [6.07, 6.45) is 1.72. The van der Waals surface area contributed by atoms with Gasteiger partial charge < -0.3 is 10.2 Å². The Hall–Kier alpha value is -3.07. The molecule has 0 aliphatic rings. The summed E-state index contributed by atoms with van der Waals surface area (Å²) in [5.41, 5.74) is 2.09. The smallest absolute Gasteiger partial charge is 0.243 e. The number of carbonyl (C=O) groups is 2. The van der Waals surface area contributed by atoms with Gasteiger partial charge in [0.1, 0.15) is 6.04 Å². The molecule has 1 atom stereocenters. The molecular formula is C30H35Cl2N3O4S. The Balaban J connectivity index is 1.88. The van der Waals surface area contributed by atoms with Crippen molar-refractivity contribution >= 4 is 50.7 Å². The van der Waals surface area contributed by atoms with E-state index in [1.807, 2.05) is 56.3 Å². The van der Waals surface area contributed by atoms with Crippen molar-refractivity contribution in [1.82, 2.24) is 10.2 Å². The van der Waals surface area contributed by atoms with Gasteiger partial charge in [0.2, 0.25) is 21.8 Å². The van der Waals surface area contributed by atoms with Gasteiger partial charge in [-0.2, -0.15) is 0 Å². The molecule has 0 aliphatic heterocycles. The molecule has 3 aromatic rings. The highest BCUT2D eigenvalue weighted by molar-refractivity contribution is 7.92. The van der Waals surface area contributed by atoms with Crippen molar-refractivity contribution in [3.05, 3.63) is 100 Å². The van der Waals surface area contributed by atoms with E-state index in [9.17, 15) is 18.0 Å². The van der Waals surface area contributed by atoms with Crippen LogP contribution >= 0.6 is 23.2 Å². The monoisotopic (exact) mass is 603 g/mol. The van der Waals surface area contributed by atoms with E-state index in [-0.39, 0.29) is 43.8 Å². The average molecular weight is 605 g/mol. The van der Waals surface area contributed by atoms with E-state index in [2.05, 4.69) is 5.32 Å². The topological polar surface area (TPSA) is 86.8 Å². The second-order valence-corrected chi connectivity index (χ2v) is 12.6. The number of nitrogens with zero attached hydrogens (tertiary/aromatic N) is 2. The number of hydrogen-bond acceptors (Lipinski definition) is 4. The van der Waals surface area contributed by atoms with Crippen LogP contribution in [0.25, 0.3) is 0 Å². The summed E-state index contributed by atoms with van der Waals surface area (Å²) in [6, 6.07) is 22.3. The highest BCUT2D eigenvalue weighted by Gasteiger charge is 2.31. The number of rotatable bonds is 13. The van der Waals surface area contributed by atoms with Crippen LogP contribution in [0.1, 0.15) is 37.8 Å². The summed E-state index contributed by atoms with van der Waals surface area (Å²) in [5, 5.41) is 3.94. The zero-order valence-corrected chi connectivity index (χ0v) is 25.2. The summed E-state index contributed by atoms with van der Waals surface area (Å²) in [6.45, 7) is 3.96. The molecule has 0 radical (unpaired) electrons. The SMILES string of the molecule is CC(C)NC(=O)[C@H](Cc1ccccc1)N(Cc1ccccc1Cl)C(=O)CCCN(c1ccc(Cl)cc1)S(C)(=O)=O. The van der Waals surface area contributed by atoms with Crippen LogP contribution in [0.15, 0.2) is 78.9 Å². The number of halogens is 2. The molecule has 0 saturated heterocycles. The van der Waals surface area contributed by atoms with Crippen LogP contribution in [0.2, 0.25) is 10.0 Å². The van der Waals surface area contributed by atoms with Gasteiger partial charge in [-0.25, -0.2) is 8.42 Å². The average Bonchev–Trinajstić information content (AvgIpc) is 2.89. The molecule has 3 rings (SSSR count). The molecular weight excluding hydrogens is 569 g/mol. The molecule has 40 heavy (non-hydrogen) atoms. The number of carbonyl (C=O) groups excluding carboxylic acids is 2. The summed E-state index contributed by atoms with van der Waals surface area (Å²) >= 11 is 12.4. The Labute approximate surface area is 247 Å². The van der Waals surface area contributed by atoms with Crippen LogP contribution in [0.4, 0.5) is 5.69 Å². The van der Waals surface area contributed by atoms with Crippen LogP contribution in [0, 0.1) is 0 Å². The number of amides is 2. The minimum absolute atomic E-state index is 0.0321. The lowest BCUT2D eigenvalue weighted by Crippen LogP contribution is -2.51. The minimum atomic E-state index is -3.60. The van der Waals surface area contributed by atoms with Crippen molar-refractivity contribution in [3.8, 4) is 0 Å². The zero-order chi connectivity index (χ0) is 29.3. The molecule has 2 amide bonds. The first kappa shape index (κ1) is 31.5. The Bertz CT molecular complexity index is 1380. The predicted octanol–water partition coefficient (Wildman–Crippen LogP) is 5.70. The summed E-state index contributed by atoms with van der Waals surface area (Å²) in [5.74, 6) is -0.539. The molecule has 0 bridgehead atoms. The minimum Gasteiger partial charge on any atom is -0.352 e. The molecule has 0 unspecified atom stereocenters. The molecule has 0 fully saturated rings. The van der Waals surface area contributed by atoms with Gasteiger partial charge in [-0.15, -0.1) is 0 Å². The fourth-order valence-corrected chi connectivity index (χ4v) is 5.64. The lowest BCUT2D eigenvalue weighted by atomic mass is 10.0. The third-order valence-electron chi connectivity index (χ3n) is 6.27. The van der Waals surface area contributed by atoms with E-state index in [0.717, 1.165) is 11.8 Å². The largest absolute Gasteiger partial charge is 0.352 e. The van der Waals surface area contributed by atoms with Gasteiger partial charge in [0.05, 0.1) is 11.9 Å². The van der Waals surface area contributed by atoms with E-state index in [0.29, 0.717) is 27.7 Å². The standard InChI is InChI=1S/C30H35Cl2N3O4S/c1-22(2)33-30(37)28(20-23-10-5-4-6-11-23)34(21-24-12-7-8-13-27(24)32)29(36)14-9-19-35(40(3,38)39)26-17-15-25(31)16-18-26/h4-8,10-13,15-18,22,28H,9,14,19-21H2,1-3H3,(H,33,37)/t28-/m0/s1. The Morgan fingerprint density at radius 3 is 2.12 bits per heavy atom. The highest BCUT2D eigenvalue weighted by Crippen LogP contribution is 2.23. The maximum Gasteiger partial charge on any atom is 0.243 e. The number of hydrogen-bond donors (Lipinski definition) is 1. The quantitative estimate of drug-likeness (QED) is 0.271. The number of nitrogens with one attached hydrogen (secondary N) is 1. The van der Waals surface area contributed by atoms with E-state index < -0.39 is 16.1 Å². The lowest BCUT2D eigenvalue weighted by Gasteiger charge is -2.32. The second kappa shape index (κ2) is 14.5. The van der Waals surface area contributed by atoms with Crippen LogP contribution < -0.4 is 9.62 Å². The number of benzene rings is 3. The summed E-state index contributed by atoms with van der Waals surface area (Å²) < 4.78 is 26.3. The molecule has 0 saturated carbocycles. The molecule has 10 heteroatoms. The number of sulfonamides is 1. The molecule has 3 aromatic carbocycles. The van der Waals surface area contributed by atoms with Crippen molar-refractivity contribution in [2.45, 2.75) is 51.7 Å². The summed E-state index contributed by atoms with van der Waals surface area (Å²) in [4.78, 5) is 28.8. The van der Waals surface area contributed by atoms with Gasteiger partial charge in [-0.05, 0) is 61.7 Å². The molecule has 0 spiro atoms. The van der Waals surface area contributed by atoms with Crippen LogP contribution in [0.5, 0.6) is 0 Å². The Morgan fingerprint density at radius 2 is 1.52 bits per heavy atom. The zero-order valence-electron chi connectivity index (χ0n) is 22.9. The normalized spacial score (nSPS) is 12.2. The maximum atomic E-state index is 13.8. The first-order chi connectivity index (χ1) is 19.0. The number of anilines is 1. The Morgan fingerprint density at radius 1 is 0.900 bits per heavy atom. The van der Waals surface area contributed by atoms with Crippen molar-refractivity contribution in [3.63, 3.8) is 0 Å². The van der Waals surface area contributed by atoms with Gasteiger partial charge in [-0.3, -0.25) is 13.9 Å². The third kappa shape index (κ3) is 9.25. The first-order valence-electron chi connectivity index (χ1n) is 13.1. The molecule has 0 aromatic heterocycles. The Kier molecular flexibility index (Phi) is 11.4. The van der Waals surface area contributed by atoms with E-state index in [4.69, 9.17) is 23.2 Å². The highest BCUT2D eigenvalue weighted by atomic mass is 35.5. The first-order valence-corrected chi connectivity index (χ1v) is 15.7. The predicted molar refractivity (Wildman–Crippen MR) is 162 cm³/mol. The van der Waals surface area contributed by atoms with Gasteiger partial charge in [0, 0.05) is 42.0 Å². The summed E-state index contributed by atoms with van der Waals surface area (Å²) in [7, 11) is -3.60. The van der Waals surface area contributed by atoms with Crippen molar-refractivity contribution in [1.29, 1.82) is 0 Å². The maximum absolute atomic E-state index is 13.8. The van der Waals surface area contributed by atoms with Gasteiger partial charge in [0.15, 0.2) is 0 Å². The third-order valence-corrected chi connectivity index (χ3v) is 8.08. The molecule has 7 nitrogen and oxygen atoms in total. The molecule has 0 heterocycles.